The van der Waals surface area contributed by atoms with E-state index in [9.17, 15) is 9.50 Å². The first-order valence-electron chi connectivity index (χ1n) is 6.48. The Bertz CT molecular complexity index is 549. The molecule has 2 rings (SSSR count). The molecule has 0 aliphatic carbocycles. The van der Waals surface area contributed by atoms with Gasteiger partial charge in [-0.15, -0.1) is 0 Å². The molecule has 0 heterocycles. The average molecular weight is 339 g/mol. The van der Waals surface area contributed by atoms with Crippen molar-refractivity contribution in [2.24, 2.45) is 0 Å². The molecular formula is C16H16BrFO2. The van der Waals surface area contributed by atoms with E-state index in [1.54, 1.807) is 36.4 Å². The van der Waals surface area contributed by atoms with Crippen LogP contribution in [0.5, 0.6) is 5.75 Å². The van der Waals surface area contributed by atoms with Gasteiger partial charge in [0.25, 0.3) is 0 Å². The molecule has 0 fully saturated rings. The fourth-order valence-corrected chi connectivity index (χ4v) is 2.46. The number of ether oxygens (including phenoxy) is 1. The van der Waals surface area contributed by atoms with Crippen LogP contribution in [0.1, 0.15) is 30.6 Å². The largest absolute Gasteiger partial charge is 0.494 e. The highest BCUT2D eigenvalue weighted by molar-refractivity contribution is 9.10. The summed E-state index contributed by atoms with van der Waals surface area (Å²) >= 11 is 3.27. The van der Waals surface area contributed by atoms with Gasteiger partial charge in [0, 0.05) is 10.0 Å². The lowest BCUT2D eigenvalue weighted by Crippen LogP contribution is -2.04. The van der Waals surface area contributed by atoms with E-state index < -0.39 is 11.9 Å². The molecule has 20 heavy (non-hydrogen) atoms. The lowest BCUT2D eigenvalue weighted by atomic mass is 10.0. The van der Waals surface area contributed by atoms with Crippen LogP contribution in [0.15, 0.2) is 46.9 Å². The summed E-state index contributed by atoms with van der Waals surface area (Å²) in [5, 5.41) is 10.3. The summed E-state index contributed by atoms with van der Waals surface area (Å²) in [6.07, 6.45) is -0.0715. The number of aliphatic hydroxyl groups is 1. The molecule has 0 bridgehead atoms. The first kappa shape index (κ1) is 15.0. The number of hydrogen-bond acceptors (Lipinski definition) is 2. The maximum atomic E-state index is 13.8. The summed E-state index contributed by atoms with van der Waals surface area (Å²) in [6, 6.07) is 11.7. The van der Waals surface area contributed by atoms with Crippen molar-refractivity contribution in [3.8, 4) is 5.75 Å². The van der Waals surface area contributed by atoms with Gasteiger partial charge in [0.05, 0.1) is 6.61 Å². The molecule has 0 radical (unpaired) electrons. The minimum atomic E-state index is -1.01. The second kappa shape index (κ2) is 6.86. The summed E-state index contributed by atoms with van der Waals surface area (Å²) in [4.78, 5) is 0. The predicted octanol–water partition coefficient (Wildman–Crippen LogP) is 4.46. The number of aliphatic hydroxyl groups excluding tert-OH is 1. The van der Waals surface area contributed by atoms with Gasteiger partial charge in [-0.25, -0.2) is 4.39 Å². The highest BCUT2D eigenvalue weighted by Gasteiger charge is 2.18. The van der Waals surface area contributed by atoms with Crippen molar-refractivity contribution in [3.05, 3.63) is 63.9 Å². The van der Waals surface area contributed by atoms with Gasteiger partial charge in [-0.1, -0.05) is 41.1 Å². The fraction of sp³-hybridized carbons (Fsp3) is 0.250. The maximum absolute atomic E-state index is 13.8. The third-order valence-electron chi connectivity index (χ3n) is 2.94. The van der Waals surface area contributed by atoms with Gasteiger partial charge in [-0.2, -0.15) is 0 Å². The Morgan fingerprint density at radius 2 is 1.90 bits per heavy atom. The van der Waals surface area contributed by atoms with Gasteiger partial charge in [0.2, 0.25) is 0 Å². The Hall–Kier alpha value is -1.39. The first-order chi connectivity index (χ1) is 9.63. The highest BCUT2D eigenvalue weighted by Crippen LogP contribution is 2.31. The van der Waals surface area contributed by atoms with E-state index in [1.165, 1.54) is 6.07 Å². The predicted molar refractivity (Wildman–Crippen MR) is 80.4 cm³/mol. The summed E-state index contributed by atoms with van der Waals surface area (Å²) in [6.45, 7) is 2.69. The van der Waals surface area contributed by atoms with Crippen molar-refractivity contribution in [2.75, 3.05) is 6.61 Å². The minimum absolute atomic E-state index is 0.245. The lowest BCUT2D eigenvalue weighted by molar-refractivity contribution is 0.214. The van der Waals surface area contributed by atoms with E-state index in [1.807, 2.05) is 6.92 Å². The summed E-state index contributed by atoms with van der Waals surface area (Å²) in [7, 11) is 0. The molecule has 0 aliphatic heterocycles. The molecule has 1 unspecified atom stereocenters. The molecule has 4 heteroatoms. The van der Waals surface area contributed by atoms with Crippen LogP contribution < -0.4 is 4.74 Å². The van der Waals surface area contributed by atoms with Crippen LogP contribution >= 0.6 is 15.9 Å². The van der Waals surface area contributed by atoms with E-state index in [0.29, 0.717) is 16.6 Å². The molecule has 0 aliphatic rings. The molecule has 1 N–H and O–H groups in total. The average Bonchev–Trinajstić information content (AvgIpc) is 2.45. The van der Waals surface area contributed by atoms with Crippen LogP contribution in [0.25, 0.3) is 0 Å². The Kier molecular flexibility index (Phi) is 5.15. The van der Waals surface area contributed by atoms with E-state index >= 15 is 0 Å². The molecule has 0 spiro atoms. The van der Waals surface area contributed by atoms with Crippen molar-refractivity contribution in [2.45, 2.75) is 19.4 Å². The van der Waals surface area contributed by atoms with Crippen LogP contribution in [0.3, 0.4) is 0 Å². The minimum Gasteiger partial charge on any atom is -0.494 e. The molecule has 106 valence electrons. The normalized spacial score (nSPS) is 12.2. The Morgan fingerprint density at radius 3 is 2.50 bits per heavy atom. The molecule has 2 aromatic carbocycles. The quantitative estimate of drug-likeness (QED) is 0.872. The van der Waals surface area contributed by atoms with Gasteiger partial charge in [-0.05, 0) is 36.2 Å². The summed E-state index contributed by atoms with van der Waals surface area (Å²) in [5.41, 5.74) is 0.870. The lowest BCUT2D eigenvalue weighted by Gasteiger charge is -2.15. The molecule has 0 aromatic heterocycles. The standard InChI is InChI=1S/C16H16BrFO2/c1-2-10-20-12-8-6-11(7-9-12)16(19)15-13(17)4-3-5-14(15)18/h3-9,16,19H,2,10H2,1H3. The topological polar surface area (TPSA) is 29.5 Å². The second-order valence-electron chi connectivity index (χ2n) is 4.46. The van der Waals surface area contributed by atoms with Gasteiger partial charge in [-0.3, -0.25) is 0 Å². The zero-order chi connectivity index (χ0) is 14.5. The number of halogens is 2. The van der Waals surface area contributed by atoms with E-state index in [0.717, 1.165) is 12.2 Å². The second-order valence-corrected chi connectivity index (χ2v) is 5.31. The SMILES string of the molecule is CCCOc1ccc(C(O)c2c(F)cccc2Br)cc1. The van der Waals surface area contributed by atoms with Crippen molar-refractivity contribution in [1.82, 2.24) is 0 Å². The van der Waals surface area contributed by atoms with Crippen molar-refractivity contribution >= 4 is 15.9 Å². The molecule has 0 saturated heterocycles. The van der Waals surface area contributed by atoms with Crippen LogP contribution in [0.2, 0.25) is 0 Å². The Labute approximate surface area is 126 Å². The Balaban J connectivity index is 2.23. The number of rotatable bonds is 5. The van der Waals surface area contributed by atoms with Crippen LogP contribution in [0, 0.1) is 5.82 Å². The third kappa shape index (κ3) is 3.38. The molecular weight excluding hydrogens is 323 g/mol. The summed E-state index contributed by atoms with van der Waals surface area (Å²) < 4.78 is 19.8. The van der Waals surface area contributed by atoms with Crippen molar-refractivity contribution in [1.29, 1.82) is 0 Å². The number of hydrogen-bond donors (Lipinski definition) is 1. The maximum Gasteiger partial charge on any atom is 0.130 e. The van der Waals surface area contributed by atoms with E-state index in [4.69, 9.17) is 4.74 Å². The van der Waals surface area contributed by atoms with E-state index in [-0.39, 0.29) is 5.56 Å². The fourth-order valence-electron chi connectivity index (χ4n) is 1.90. The first-order valence-corrected chi connectivity index (χ1v) is 7.27. The zero-order valence-corrected chi connectivity index (χ0v) is 12.7. The van der Waals surface area contributed by atoms with Crippen LogP contribution in [-0.4, -0.2) is 11.7 Å². The number of benzene rings is 2. The van der Waals surface area contributed by atoms with Crippen molar-refractivity contribution < 1.29 is 14.2 Å². The zero-order valence-electron chi connectivity index (χ0n) is 11.1. The molecule has 1 atom stereocenters. The van der Waals surface area contributed by atoms with Crippen LogP contribution in [0.4, 0.5) is 4.39 Å². The van der Waals surface area contributed by atoms with Gasteiger partial charge in [0.1, 0.15) is 17.7 Å². The monoisotopic (exact) mass is 338 g/mol. The Morgan fingerprint density at radius 1 is 1.20 bits per heavy atom. The third-order valence-corrected chi connectivity index (χ3v) is 3.63. The van der Waals surface area contributed by atoms with Gasteiger partial charge >= 0.3 is 0 Å². The van der Waals surface area contributed by atoms with E-state index in [2.05, 4.69) is 15.9 Å². The van der Waals surface area contributed by atoms with Gasteiger partial charge in [0.15, 0.2) is 0 Å². The van der Waals surface area contributed by atoms with Crippen LogP contribution in [-0.2, 0) is 0 Å². The highest BCUT2D eigenvalue weighted by atomic mass is 79.9. The molecule has 2 aromatic rings. The summed E-state index contributed by atoms with van der Waals surface area (Å²) in [5.74, 6) is 0.314. The molecule has 2 nitrogen and oxygen atoms in total. The molecule has 0 saturated carbocycles. The van der Waals surface area contributed by atoms with Gasteiger partial charge < -0.3 is 9.84 Å². The molecule has 0 amide bonds. The smallest absolute Gasteiger partial charge is 0.130 e. The van der Waals surface area contributed by atoms with Crippen molar-refractivity contribution in [3.63, 3.8) is 0 Å².